The number of hydrogen-bond acceptors (Lipinski definition) is 7. The lowest BCUT2D eigenvalue weighted by atomic mass is 9.82. The predicted molar refractivity (Wildman–Crippen MR) is 160 cm³/mol. The highest BCUT2D eigenvalue weighted by Gasteiger charge is 2.30. The SMILES string of the molecule is C/C=N\C1=CC(C(O)NCC2NC=CC3=C2C=C(C2=CC=CCC2)C(c2ccc(CN)cc2)N3)=CCC1NC. The molecule has 4 aliphatic rings. The highest BCUT2D eigenvalue weighted by atomic mass is 16.3. The maximum absolute atomic E-state index is 11.0. The molecule has 0 aromatic heterocycles. The van der Waals surface area contributed by atoms with Crippen LogP contribution in [0.15, 0.2) is 112 Å². The summed E-state index contributed by atoms with van der Waals surface area (Å²) in [6, 6.07) is 8.82. The molecule has 4 unspecified atom stereocenters. The van der Waals surface area contributed by atoms with Crippen LogP contribution >= 0.6 is 0 Å². The van der Waals surface area contributed by atoms with Crippen molar-refractivity contribution in [3.8, 4) is 0 Å². The molecule has 0 saturated carbocycles. The Hall–Kier alpha value is -3.49. The summed E-state index contributed by atoms with van der Waals surface area (Å²) >= 11 is 0. The fourth-order valence-corrected chi connectivity index (χ4v) is 5.60. The second-order valence-corrected chi connectivity index (χ2v) is 10.3. The average molecular weight is 525 g/mol. The minimum absolute atomic E-state index is 0.00816. The van der Waals surface area contributed by atoms with Gasteiger partial charge in [0.15, 0.2) is 0 Å². The lowest BCUT2D eigenvalue weighted by Gasteiger charge is -2.36. The molecule has 2 aliphatic carbocycles. The van der Waals surface area contributed by atoms with Gasteiger partial charge in [0.25, 0.3) is 0 Å². The van der Waals surface area contributed by atoms with Gasteiger partial charge in [-0.2, -0.15) is 0 Å². The number of rotatable bonds is 9. The van der Waals surface area contributed by atoms with Crippen LogP contribution in [0, 0.1) is 0 Å². The van der Waals surface area contributed by atoms with Crippen LogP contribution in [0.5, 0.6) is 0 Å². The first-order valence-corrected chi connectivity index (χ1v) is 13.9. The summed E-state index contributed by atoms with van der Waals surface area (Å²) in [5.41, 5.74) is 14.9. The molecule has 0 radical (unpaired) electrons. The second kappa shape index (κ2) is 12.6. The summed E-state index contributed by atoms with van der Waals surface area (Å²) in [7, 11) is 1.93. The molecule has 2 heterocycles. The van der Waals surface area contributed by atoms with Crippen LogP contribution in [-0.4, -0.2) is 43.2 Å². The Morgan fingerprint density at radius 2 is 2.08 bits per heavy atom. The minimum atomic E-state index is -0.776. The zero-order chi connectivity index (χ0) is 27.2. The molecule has 0 bridgehead atoms. The largest absolute Gasteiger partial charge is 0.383 e. The summed E-state index contributed by atoms with van der Waals surface area (Å²) < 4.78 is 0. The number of aliphatic imine (C=N–C) groups is 1. The van der Waals surface area contributed by atoms with Crippen molar-refractivity contribution >= 4 is 6.21 Å². The van der Waals surface area contributed by atoms with Crippen LogP contribution < -0.4 is 27.0 Å². The monoisotopic (exact) mass is 524 g/mol. The van der Waals surface area contributed by atoms with E-state index < -0.39 is 6.23 Å². The summed E-state index contributed by atoms with van der Waals surface area (Å²) in [4.78, 5) is 4.50. The highest BCUT2D eigenvalue weighted by molar-refractivity contribution is 5.57. The van der Waals surface area contributed by atoms with Crippen molar-refractivity contribution in [2.24, 2.45) is 10.7 Å². The van der Waals surface area contributed by atoms with Gasteiger partial charge in [-0.15, -0.1) is 0 Å². The van der Waals surface area contributed by atoms with Gasteiger partial charge in [0, 0.05) is 25.0 Å². The third-order valence-corrected chi connectivity index (χ3v) is 7.81. The molecule has 5 rings (SSSR count). The fraction of sp³-hybridized carbons (Fsp3) is 0.344. The Labute approximate surface area is 231 Å². The lowest BCUT2D eigenvalue weighted by Crippen LogP contribution is -2.46. The molecule has 0 spiro atoms. The third-order valence-electron chi connectivity index (χ3n) is 7.81. The van der Waals surface area contributed by atoms with Gasteiger partial charge >= 0.3 is 0 Å². The Morgan fingerprint density at radius 3 is 2.79 bits per heavy atom. The molecule has 7 N–H and O–H groups in total. The van der Waals surface area contributed by atoms with Gasteiger partial charge in [0.1, 0.15) is 6.23 Å². The zero-order valence-corrected chi connectivity index (χ0v) is 22.8. The maximum Gasteiger partial charge on any atom is 0.130 e. The standard InChI is InChI=1S/C32H40N6O/c1-3-35-29-17-24(13-14-28(29)34-2)32(39)37-20-30-26-18-25(22-7-5-4-6-8-22)31(38-27(26)15-16-36-30)23-11-9-21(19-33)10-12-23/h3-5,7,9-13,15-18,28,30-32,34,36-39H,6,8,14,19-20,33H2,1-2H3/b35-3-. The predicted octanol–water partition coefficient (Wildman–Crippen LogP) is 3.53. The molecule has 1 aromatic rings. The van der Waals surface area contributed by atoms with Gasteiger partial charge in [-0.05, 0) is 91.1 Å². The lowest BCUT2D eigenvalue weighted by molar-refractivity contribution is 0.173. The molecule has 7 nitrogen and oxygen atoms in total. The second-order valence-electron chi connectivity index (χ2n) is 10.3. The van der Waals surface area contributed by atoms with E-state index in [0.29, 0.717) is 13.1 Å². The fourth-order valence-electron chi connectivity index (χ4n) is 5.60. The van der Waals surface area contributed by atoms with Crippen molar-refractivity contribution < 1.29 is 5.11 Å². The van der Waals surface area contributed by atoms with Crippen LogP contribution in [0.4, 0.5) is 0 Å². The molecule has 1 aromatic carbocycles. The number of aliphatic hydroxyl groups is 1. The zero-order valence-electron chi connectivity index (χ0n) is 22.8. The molecular weight excluding hydrogens is 484 g/mol. The van der Waals surface area contributed by atoms with Gasteiger partial charge in [-0.1, -0.05) is 48.6 Å². The van der Waals surface area contributed by atoms with E-state index >= 15 is 0 Å². The molecule has 7 heteroatoms. The Morgan fingerprint density at radius 1 is 1.23 bits per heavy atom. The smallest absolute Gasteiger partial charge is 0.130 e. The van der Waals surface area contributed by atoms with Gasteiger partial charge in [-0.3, -0.25) is 10.3 Å². The van der Waals surface area contributed by atoms with Crippen LogP contribution in [0.2, 0.25) is 0 Å². The van der Waals surface area contributed by atoms with Crippen LogP contribution in [0.3, 0.4) is 0 Å². The molecule has 204 valence electrons. The van der Waals surface area contributed by atoms with Crippen LogP contribution in [-0.2, 0) is 6.54 Å². The highest BCUT2D eigenvalue weighted by Crippen LogP contribution is 2.38. The Balaban J connectivity index is 1.36. The number of nitrogens with zero attached hydrogens (tertiary/aromatic N) is 1. The van der Waals surface area contributed by atoms with Gasteiger partial charge in [-0.25, -0.2) is 0 Å². The van der Waals surface area contributed by atoms with Crippen molar-refractivity contribution in [2.45, 2.75) is 57.1 Å². The van der Waals surface area contributed by atoms with Crippen molar-refractivity contribution in [1.29, 1.82) is 0 Å². The summed E-state index contributed by atoms with van der Waals surface area (Å²) in [5.74, 6) is 0. The number of likely N-dealkylation sites (N-methyl/N-ethyl adjacent to an activating group) is 1. The van der Waals surface area contributed by atoms with Crippen molar-refractivity contribution in [2.75, 3.05) is 13.6 Å². The quantitative estimate of drug-likeness (QED) is 0.218. The summed E-state index contributed by atoms with van der Waals surface area (Å²) in [6.07, 6.45) is 21.0. The first-order chi connectivity index (χ1) is 19.1. The topological polar surface area (TPSA) is 107 Å². The van der Waals surface area contributed by atoms with E-state index in [9.17, 15) is 5.11 Å². The number of hydrogen-bond donors (Lipinski definition) is 6. The van der Waals surface area contributed by atoms with Gasteiger partial charge < -0.3 is 26.8 Å². The number of nitrogens with one attached hydrogen (secondary N) is 4. The normalized spacial score (nSPS) is 25.3. The van der Waals surface area contributed by atoms with Crippen LogP contribution in [0.25, 0.3) is 0 Å². The van der Waals surface area contributed by atoms with Gasteiger partial charge in [0.05, 0.1) is 23.8 Å². The average Bonchev–Trinajstić information content (AvgIpc) is 2.99. The molecule has 4 atom stereocenters. The van der Waals surface area contributed by atoms with Crippen molar-refractivity contribution in [3.63, 3.8) is 0 Å². The number of allylic oxidation sites excluding steroid dienone is 4. The van der Waals surface area contributed by atoms with E-state index in [1.807, 2.05) is 26.2 Å². The molecule has 39 heavy (non-hydrogen) atoms. The Bertz CT molecular complexity index is 1290. The summed E-state index contributed by atoms with van der Waals surface area (Å²) in [6.45, 7) is 3.02. The molecule has 0 saturated heterocycles. The first-order valence-electron chi connectivity index (χ1n) is 13.9. The minimum Gasteiger partial charge on any atom is -0.383 e. The Kier molecular flexibility index (Phi) is 8.74. The number of benzene rings is 1. The van der Waals surface area contributed by atoms with E-state index in [1.54, 1.807) is 6.21 Å². The molecule has 0 amide bonds. The maximum atomic E-state index is 11.0. The van der Waals surface area contributed by atoms with E-state index in [4.69, 9.17) is 5.73 Å². The van der Waals surface area contributed by atoms with Crippen LogP contribution in [0.1, 0.15) is 43.4 Å². The molecule has 2 aliphatic heterocycles. The number of aliphatic hydroxyl groups excluding tert-OH is 1. The van der Waals surface area contributed by atoms with E-state index in [1.165, 1.54) is 22.3 Å². The molecular formula is C32H40N6O. The van der Waals surface area contributed by atoms with Crippen molar-refractivity contribution in [1.82, 2.24) is 21.3 Å². The van der Waals surface area contributed by atoms with Gasteiger partial charge in [0.2, 0.25) is 0 Å². The van der Waals surface area contributed by atoms with E-state index in [2.05, 4.69) is 87.0 Å². The summed E-state index contributed by atoms with van der Waals surface area (Å²) in [5, 5.41) is 25.0. The number of dihydropyridines is 2. The third kappa shape index (κ3) is 6.07. The number of nitrogens with two attached hydrogens (primary N) is 1. The van der Waals surface area contributed by atoms with E-state index in [-0.39, 0.29) is 18.1 Å². The molecule has 0 fully saturated rings. The van der Waals surface area contributed by atoms with E-state index in [0.717, 1.165) is 41.8 Å². The first kappa shape index (κ1) is 27.1. The van der Waals surface area contributed by atoms with Crippen molar-refractivity contribution in [3.05, 3.63) is 118 Å².